The van der Waals surface area contributed by atoms with Gasteiger partial charge in [0, 0.05) is 4.88 Å². The van der Waals surface area contributed by atoms with E-state index >= 15 is 0 Å². The zero-order valence-corrected chi connectivity index (χ0v) is 10.4. The maximum Gasteiger partial charge on any atom is 0.308 e. The van der Waals surface area contributed by atoms with Crippen molar-refractivity contribution >= 4 is 17.3 Å². The molecule has 1 aromatic rings. The van der Waals surface area contributed by atoms with Crippen LogP contribution in [0.5, 0.6) is 0 Å². The van der Waals surface area contributed by atoms with Crippen molar-refractivity contribution in [1.82, 2.24) is 5.32 Å². The van der Waals surface area contributed by atoms with Gasteiger partial charge >= 0.3 is 5.97 Å². The molecule has 1 heterocycles. The zero-order chi connectivity index (χ0) is 12.8. The summed E-state index contributed by atoms with van der Waals surface area (Å²) in [4.78, 5) is 11.2. The smallest absolute Gasteiger partial charge is 0.308 e. The highest BCUT2D eigenvalue weighted by Gasteiger charge is 2.19. The maximum absolute atomic E-state index is 10.5. The molecule has 0 aliphatic carbocycles. The molecule has 0 radical (unpaired) electrons. The van der Waals surface area contributed by atoms with Gasteiger partial charge in [-0.3, -0.25) is 4.79 Å². The molecule has 0 fully saturated rings. The average Bonchev–Trinajstić information content (AvgIpc) is 2.72. The van der Waals surface area contributed by atoms with Crippen LogP contribution in [0, 0.1) is 0 Å². The third-order valence-electron chi connectivity index (χ3n) is 2.40. The highest BCUT2D eigenvalue weighted by Crippen LogP contribution is 2.24. The lowest BCUT2D eigenvalue weighted by molar-refractivity contribution is -0.136. The van der Waals surface area contributed by atoms with E-state index in [2.05, 4.69) is 5.32 Å². The van der Waals surface area contributed by atoms with Crippen LogP contribution in [0.1, 0.15) is 23.0 Å². The second kappa shape index (κ2) is 6.70. The highest BCUT2D eigenvalue weighted by atomic mass is 32.1. The van der Waals surface area contributed by atoms with Gasteiger partial charge in [-0.1, -0.05) is 0 Å². The number of hydrogen-bond donors (Lipinski definition) is 4. The lowest BCUT2D eigenvalue weighted by Gasteiger charge is -2.16. The zero-order valence-electron chi connectivity index (χ0n) is 9.59. The average molecular weight is 259 g/mol. The third kappa shape index (κ3) is 4.43. The second-order valence-electron chi connectivity index (χ2n) is 3.82. The van der Waals surface area contributed by atoms with E-state index in [4.69, 9.17) is 5.11 Å². The predicted molar refractivity (Wildman–Crippen MR) is 65.2 cm³/mol. The second-order valence-corrected chi connectivity index (χ2v) is 4.82. The summed E-state index contributed by atoms with van der Waals surface area (Å²) in [5, 5.41) is 32.7. The van der Waals surface area contributed by atoms with Crippen molar-refractivity contribution in [1.29, 1.82) is 0 Å². The maximum atomic E-state index is 10.5. The van der Waals surface area contributed by atoms with Gasteiger partial charge in [0.25, 0.3) is 0 Å². The molecule has 0 spiro atoms. The molecule has 17 heavy (non-hydrogen) atoms. The van der Waals surface area contributed by atoms with Gasteiger partial charge in [0.2, 0.25) is 0 Å². The van der Waals surface area contributed by atoms with E-state index in [1.165, 1.54) is 11.3 Å². The molecule has 0 aliphatic heterocycles. The number of rotatable bonds is 7. The minimum atomic E-state index is -0.956. The van der Waals surface area contributed by atoms with Gasteiger partial charge < -0.3 is 20.6 Å². The molecule has 4 N–H and O–H groups in total. The predicted octanol–water partition coefficient (Wildman–Crippen LogP) is 0.379. The van der Waals surface area contributed by atoms with Crippen LogP contribution in [-0.4, -0.2) is 41.0 Å². The molecule has 6 heteroatoms. The highest BCUT2D eigenvalue weighted by molar-refractivity contribution is 7.10. The van der Waals surface area contributed by atoms with E-state index in [0.717, 1.165) is 0 Å². The van der Waals surface area contributed by atoms with Crippen molar-refractivity contribution in [3.8, 4) is 0 Å². The SMILES string of the molecule is CNCCC(O)C(O)c1csc(CC(=O)O)c1. The Hall–Kier alpha value is -0.950. The van der Waals surface area contributed by atoms with Crippen LogP contribution in [0.25, 0.3) is 0 Å². The van der Waals surface area contributed by atoms with Crippen molar-refractivity contribution in [2.45, 2.75) is 25.0 Å². The number of aliphatic carboxylic acids is 1. The Morgan fingerprint density at radius 2 is 2.24 bits per heavy atom. The Morgan fingerprint density at radius 1 is 1.53 bits per heavy atom. The van der Waals surface area contributed by atoms with Gasteiger partial charge in [-0.2, -0.15) is 0 Å². The Labute approximate surface area is 104 Å². The summed E-state index contributed by atoms with van der Waals surface area (Å²) in [6.45, 7) is 0.615. The van der Waals surface area contributed by atoms with Gasteiger partial charge in [0.1, 0.15) is 6.10 Å². The van der Waals surface area contributed by atoms with Crippen molar-refractivity contribution in [3.63, 3.8) is 0 Å². The van der Waals surface area contributed by atoms with Crippen LogP contribution >= 0.6 is 11.3 Å². The van der Waals surface area contributed by atoms with Crippen molar-refractivity contribution in [2.24, 2.45) is 0 Å². The molecular formula is C11H17NO4S. The van der Waals surface area contributed by atoms with E-state index in [-0.39, 0.29) is 6.42 Å². The van der Waals surface area contributed by atoms with Gasteiger partial charge in [-0.25, -0.2) is 0 Å². The van der Waals surface area contributed by atoms with Crippen molar-refractivity contribution in [3.05, 3.63) is 21.9 Å². The monoisotopic (exact) mass is 259 g/mol. The van der Waals surface area contributed by atoms with E-state index in [1.54, 1.807) is 18.5 Å². The standard InChI is InChI=1S/C11H17NO4S/c1-12-3-2-9(13)11(16)7-4-8(17-6-7)5-10(14)15/h4,6,9,11-13,16H,2-3,5H2,1H3,(H,14,15). The first-order chi connectivity index (χ1) is 8.04. The third-order valence-corrected chi connectivity index (χ3v) is 3.35. The number of aliphatic hydroxyl groups excluding tert-OH is 2. The van der Waals surface area contributed by atoms with Crippen molar-refractivity contribution < 1.29 is 20.1 Å². The summed E-state index contributed by atoms with van der Waals surface area (Å²) in [6, 6.07) is 1.63. The normalized spacial score (nSPS) is 14.5. The minimum Gasteiger partial charge on any atom is -0.481 e. The fourth-order valence-corrected chi connectivity index (χ4v) is 2.37. The molecule has 2 unspecified atom stereocenters. The van der Waals surface area contributed by atoms with Crippen LogP contribution < -0.4 is 5.32 Å². The van der Waals surface area contributed by atoms with E-state index < -0.39 is 18.2 Å². The first kappa shape index (κ1) is 14.1. The van der Waals surface area contributed by atoms with Crippen molar-refractivity contribution in [2.75, 3.05) is 13.6 Å². The van der Waals surface area contributed by atoms with Gasteiger partial charge in [0.15, 0.2) is 0 Å². The quantitative estimate of drug-likeness (QED) is 0.568. The van der Waals surface area contributed by atoms with Crippen LogP contribution in [0.15, 0.2) is 11.4 Å². The lowest BCUT2D eigenvalue weighted by Crippen LogP contribution is -2.23. The summed E-state index contributed by atoms with van der Waals surface area (Å²) in [5.74, 6) is -0.899. The number of carboxylic acid groups (broad SMARTS) is 1. The topological polar surface area (TPSA) is 89.8 Å². The van der Waals surface area contributed by atoms with E-state index in [9.17, 15) is 15.0 Å². The molecular weight excluding hydrogens is 242 g/mol. The Morgan fingerprint density at radius 3 is 2.82 bits per heavy atom. The molecule has 1 aromatic heterocycles. The first-order valence-electron chi connectivity index (χ1n) is 5.34. The molecule has 0 saturated carbocycles. The molecule has 2 atom stereocenters. The van der Waals surface area contributed by atoms with E-state index in [0.29, 0.717) is 23.4 Å². The number of carboxylic acids is 1. The number of carbonyl (C=O) groups is 1. The molecule has 5 nitrogen and oxygen atoms in total. The molecule has 1 rings (SSSR count). The number of hydrogen-bond acceptors (Lipinski definition) is 5. The summed E-state index contributed by atoms with van der Waals surface area (Å²) < 4.78 is 0. The Bertz CT molecular complexity index is 366. The lowest BCUT2D eigenvalue weighted by atomic mass is 10.0. The molecule has 0 amide bonds. The fraction of sp³-hybridized carbons (Fsp3) is 0.545. The van der Waals surface area contributed by atoms with E-state index in [1.807, 2.05) is 0 Å². The molecule has 0 aromatic carbocycles. The minimum absolute atomic E-state index is 0.0516. The molecule has 0 bridgehead atoms. The fourth-order valence-electron chi connectivity index (χ4n) is 1.47. The van der Waals surface area contributed by atoms with Crippen LogP contribution in [0.2, 0.25) is 0 Å². The molecule has 96 valence electrons. The number of thiophene rings is 1. The summed E-state index contributed by atoms with van der Waals surface area (Å²) >= 11 is 1.28. The van der Waals surface area contributed by atoms with Crippen LogP contribution in [0.3, 0.4) is 0 Å². The van der Waals surface area contributed by atoms with Gasteiger partial charge in [-0.05, 0) is 37.0 Å². The van der Waals surface area contributed by atoms with Gasteiger partial charge in [-0.15, -0.1) is 11.3 Å². The summed E-state index contributed by atoms with van der Waals surface area (Å²) in [7, 11) is 1.77. The Kier molecular flexibility index (Phi) is 5.57. The Balaban J connectivity index is 2.59. The summed E-state index contributed by atoms with van der Waals surface area (Å²) in [6.07, 6.45) is -1.40. The van der Waals surface area contributed by atoms with Crippen LogP contribution in [-0.2, 0) is 11.2 Å². The number of aliphatic hydroxyl groups is 2. The summed E-state index contributed by atoms with van der Waals surface area (Å²) in [5.41, 5.74) is 0.579. The molecule has 0 aliphatic rings. The van der Waals surface area contributed by atoms with Crippen LogP contribution in [0.4, 0.5) is 0 Å². The van der Waals surface area contributed by atoms with Gasteiger partial charge in [0.05, 0.1) is 12.5 Å². The largest absolute Gasteiger partial charge is 0.481 e. The molecule has 0 saturated heterocycles. The first-order valence-corrected chi connectivity index (χ1v) is 6.22. The number of nitrogens with one attached hydrogen (secondary N) is 1.